The lowest BCUT2D eigenvalue weighted by atomic mass is 10.1. The Kier molecular flexibility index (Phi) is 7.87. The third-order valence-electron chi connectivity index (χ3n) is 6.06. The average molecular weight is 496 g/mol. The van der Waals surface area contributed by atoms with Crippen molar-refractivity contribution in [2.75, 3.05) is 13.7 Å². The summed E-state index contributed by atoms with van der Waals surface area (Å²) in [6.45, 7) is 4.75. The van der Waals surface area contributed by atoms with Gasteiger partial charge in [-0.05, 0) is 50.5 Å². The van der Waals surface area contributed by atoms with Gasteiger partial charge in [-0.25, -0.2) is 9.78 Å². The zero-order valence-corrected chi connectivity index (χ0v) is 20.8. The Labute approximate surface area is 208 Å². The van der Waals surface area contributed by atoms with Gasteiger partial charge in [-0.3, -0.25) is 14.2 Å². The Morgan fingerprint density at radius 2 is 2.00 bits per heavy atom. The van der Waals surface area contributed by atoms with Crippen LogP contribution in [0.1, 0.15) is 48.7 Å². The lowest BCUT2D eigenvalue weighted by Crippen LogP contribution is -2.34. The van der Waals surface area contributed by atoms with Gasteiger partial charge in [0.15, 0.2) is 5.16 Å². The SMILES string of the molecule is COC(=O)c1ccc2c(=O)n(CC3CCCO3)c(SC(C)C(=O)NC(C)c3ccccc3)nc2c1. The number of methoxy groups -OCH3 is 1. The molecule has 4 rings (SSSR count). The van der Waals surface area contributed by atoms with E-state index in [1.165, 1.54) is 18.9 Å². The number of aromatic nitrogens is 2. The number of ether oxygens (including phenoxy) is 2. The number of rotatable bonds is 8. The molecule has 3 atom stereocenters. The van der Waals surface area contributed by atoms with Gasteiger partial charge in [0.1, 0.15) is 0 Å². The maximum absolute atomic E-state index is 13.4. The summed E-state index contributed by atoms with van der Waals surface area (Å²) in [7, 11) is 1.30. The van der Waals surface area contributed by atoms with Crippen LogP contribution in [-0.4, -0.2) is 46.5 Å². The van der Waals surface area contributed by atoms with Crippen LogP contribution in [0.3, 0.4) is 0 Å². The third-order valence-corrected chi connectivity index (χ3v) is 7.15. The van der Waals surface area contributed by atoms with Crippen LogP contribution in [-0.2, 0) is 20.8 Å². The van der Waals surface area contributed by atoms with E-state index in [9.17, 15) is 14.4 Å². The lowest BCUT2D eigenvalue weighted by molar-refractivity contribution is -0.120. The van der Waals surface area contributed by atoms with Crippen molar-refractivity contribution in [3.05, 3.63) is 70.0 Å². The molecular weight excluding hydrogens is 466 g/mol. The summed E-state index contributed by atoms with van der Waals surface area (Å²) >= 11 is 1.22. The van der Waals surface area contributed by atoms with E-state index >= 15 is 0 Å². The Bertz CT molecular complexity index is 1270. The predicted octanol–water partition coefficient (Wildman–Crippen LogP) is 3.72. The molecule has 35 heavy (non-hydrogen) atoms. The number of nitrogens with one attached hydrogen (secondary N) is 1. The maximum atomic E-state index is 13.4. The van der Waals surface area contributed by atoms with Crippen molar-refractivity contribution in [1.82, 2.24) is 14.9 Å². The highest BCUT2D eigenvalue weighted by molar-refractivity contribution is 8.00. The molecule has 0 saturated carbocycles. The van der Waals surface area contributed by atoms with E-state index < -0.39 is 11.2 Å². The summed E-state index contributed by atoms with van der Waals surface area (Å²) in [4.78, 5) is 43.1. The Balaban J connectivity index is 1.64. The summed E-state index contributed by atoms with van der Waals surface area (Å²) in [5.74, 6) is -0.665. The molecule has 0 spiro atoms. The number of hydrogen-bond acceptors (Lipinski definition) is 7. The summed E-state index contributed by atoms with van der Waals surface area (Å²) in [6.07, 6.45) is 1.73. The van der Waals surface area contributed by atoms with E-state index in [1.54, 1.807) is 29.7 Å². The second-order valence-electron chi connectivity index (χ2n) is 8.57. The van der Waals surface area contributed by atoms with Gasteiger partial charge >= 0.3 is 5.97 Å². The molecule has 8 nitrogen and oxygen atoms in total. The van der Waals surface area contributed by atoms with Gasteiger partial charge in [-0.2, -0.15) is 0 Å². The number of hydrogen-bond donors (Lipinski definition) is 1. The van der Waals surface area contributed by atoms with Gasteiger partial charge in [0, 0.05) is 6.61 Å². The molecule has 3 aromatic rings. The zero-order valence-electron chi connectivity index (χ0n) is 20.0. The predicted molar refractivity (Wildman–Crippen MR) is 135 cm³/mol. The van der Waals surface area contributed by atoms with Gasteiger partial charge in [-0.1, -0.05) is 42.1 Å². The molecule has 0 aliphatic carbocycles. The molecule has 9 heteroatoms. The highest BCUT2D eigenvalue weighted by Crippen LogP contribution is 2.26. The number of carbonyl (C=O) groups is 2. The molecule has 2 heterocycles. The van der Waals surface area contributed by atoms with Crippen molar-refractivity contribution >= 4 is 34.5 Å². The molecule has 1 aromatic heterocycles. The van der Waals surface area contributed by atoms with E-state index in [4.69, 9.17) is 14.5 Å². The van der Waals surface area contributed by atoms with E-state index in [0.717, 1.165) is 18.4 Å². The first kappa shape index (κ1) is 24.9. The molecule has 184 valence electrons. The quantitative estimate of drug-likeness (QED) is 0.289. The summed E-state index contributed by atoms with van der Waals surface area (Å²) in [5, 5.41) is 3.33. The van der Waals surface area contributed by atoms with Crippen LogP contribution < -0.4 is 10.9 Å². The monoisotopic (exact) mass is 495 g/mol. The molecule has 0 radical (unpaired) electrons. The van der Waals surface area contributed by atoms with Gasteiger partial charge in [0.2, 0.25) is 5.91 Å². The van der Waals surface area contributed by atoms with Crippen molar-refractivity contribution in [2.45, 2.75) is 55.8 Å². The highest BCUT2D eigenvalue weighted by Gasteiger charge is 2.24. The van der Waals surface area contributed by atoms with Crippen LogP contribution in [0.15, 0.2) is 58.5 Å². The van der Waals surface area contributed by atoms with Crippen LogP contribution in [0.2, 0.25) is 0 Å². The van der Waals surface area contributed by atoms with Crippen molar-refractivity contribution in [1.29, 1.82) is 0 Å². The standard InChI is InChI=1S/C26H29N3O5S/c1-16(18-8-5-4-6-9-18)27-23(30)17(2)35-26-28-22-14-19(25(32)33-3)11-12-21(22)24(31)29(26)15-20-10-7-13-34-20/h4-6,8-9,11-12,14,16-17,20H,7,10,13,15H2,1-3H3,(H,27,30). The van der Waals surface area contributed by atoms with Gasteiger partial charge < -0.3 is 14.8 Å². The molecule has 0 bridgehead atoms. The van der Waals surface area contributed by atoms with Crippen LogP contribution in [0.5, 0.6) is 0 Å². The normalized spacial score (nSPS) is 17.2. The molecule has 3 unspecified atom stereocenters. The van der Waals surface area contributed by atoms with Crippen molar-refractivity contribution in [3.8, 4) is 0 Å². The smallest absolute Gasteiger partial charge is 0.337 e. The fourth-order valence-corrected chi connectivity index (χ4v) is 4.98. The number of benzene rings is 2. The minimum absolute atomic E-state index is 0.0807. The van der Waals surface area contributed by atoms with Crippen LogP contribution in [0.4, 0.5) is 0 Å². The van der Waals surface area contributed by atoms with Crippen LogP contribution in [0.25, 0.3) is 10.9 Å². The van der Waals surface area contributed by atoms with Crippen molar-refractivity contribution in [3.63, 3.8) is 0 Å². The summed E-state index contributed by atoms with van der Waals surface area (Å²) in [5.41, 5.74) is 1.47. The number of nitrogens with zero attached hydrogens (tertiary/aromatic N) is 2. The molecule has 2 aromatic carbocycles. The Hall–Kier alpha value is -3.17. The average Bonchev–Trinajstić information content (AvgIpc) is 3.39. The fraction of sp³-hybridized carbons (Fsp3) is 0.385. The second kappa shape index (κ2) is 11.0. The van der Waals surface area contributed by atoms with Crippen molar-refractivity contribution in [2.24, 2.45) is 0 Å². The lowest BCUT2D eigenvalue weighted by Gasteiger charge is -2.20. The maximum Gasteiger partial charge on any atom is 0.337 e. The first-order valence-corrected chi connectivity index (χ1v) is 12.5. The van der Waals surface area contributed by atoms with Gasteiger partial charge in [0.25, 0.3) is 5.56 Å². The fourth-order valence-electron chi connectivity index (χ4n) is 4.06. The summed E-state index contributed by atoms with van der Waals surface area (Å²) < 4.78 is 12.2. The number of esters is 1. The topological polar surface area (TPSA) is 99.5 Å². The van der Waals surface area contributed by atoms with Gasteiger partial charge in [-0.15, -0.1) is 0 Å². The van der Waals surface area contributed by atoms with E-state index in [0.29, 0.717) is 34.8 Å². The van der Waals surface area contributed by atoms with E-state index in [-0.39, 0.29) is 23.6 Å². The summed E-state index contributed by atoms with van der Waals surface area (Å²) in [6, 6.07) is 14.3. The number of fused-ring (bicyclic) bond motifs is 1. The molecule has 1 aliphatic heterocycles. The van der Waals surface area contributed by atoms with Crippen LogP contribution in [0, 0.1) is 0 Å². The largest absolute Gasteiger partial charge is 0.465 e. The number of thioether (sulfide) groups is 1. The minimum Gasteiger partial charge on any atom is -0.465 e. The Morgan fingerprint density at radius 3 is 2.69 bits per heavy atom. The van der Waals surface area contributed by atoms with Crippen molar-refractivity contribution < 1.29 is 19.1 Å². The number of amides is 1. The number of carbonyl (C=O) groups excluding carboxylic acids is 2. The molecule has 1 amide bonds. The van der Waals surface area contributed by atoms with E-state index in [2.05, 4.69) is 5.32 Å². The molecule has 1 N–H and O–H groups in total. The first-order valence-electron chi connectivity index (χ1n) is 11.6. The first-order chi connectivity index (χ1) is 16.9. The van der Waals surface area contributed by atoms with Crippen LogP contribution >= 0.6 is 11.8 Å². The molecular formula is C26H29N3O5S. The molecule has 1 aliphatic rings. The van der Waals surface area contributed by atoms with Gasteiger partial charge in [0.05, 0.1) is 47.5 Å². The molecule has 1 fully saturated rings. The Morgan fingerprint density at radius 1 is 1.23 bits per heavy atom. The second-order valence-corrected chi connectivity index (χ2v) is 9.88. The highest BCUT2D eigenvalue weighted by atomic mass is 32.2. The minimum atomic E-state index is -0.509. The van der Waals surface area contributed by atoms with E-state index in [1.807, 2.05) is 37.3 Å². The third kappa shape index (κ3) is 5.74. The zero-order chi connectivity index (χ0) is 24.9. The molecule has 1 saturated heterocycles.